The zero-order valence-corrected chi connectivity index (χ0v) is 18.6. The number of aromatic nitrogens is 1. The highest BCUT2D eigenvalue weighted by Gasteiger charge is 2.59. The van der Waals surface area contributed by atoms with Crippen LogP contribution in [0.25, 0.3) is 0 Å². The summed E-state index contributed by atoms with van der Waals surface area (Å²) in [6.45, 7) is 0.406. The molecule has 2 atom stereocenters. The Kier molecular flexibility index (Phi) is 7.30. The van der Waals surface area contributed by atoms with Crippen molar-refractivity contribution >= 4 is 63.0 Å². The van der Waals surface area contributed by atoms with Crippen LogP contribution in [-0.4, -0.2) is 67.6 Å². The minimum atomic E-state index is -2.70. The minimum absolute atomic E-state index is 0.00896. The predicted octanol–water partition coefficient (Wildman–Crippen LogP) is 1.69. The molecule has 1 aromatic carbocycles. The molecule has 2 unspecified atom stereocenters. The quantitative estimate of drug-likeness (QED) is 0.395. The summed E-state index contributed by atoms with van der Waals surface area (Å²) in [6, 6.07) is 7.90. The number of amides is 4. The lowest BCUT2D eigenvalue weighted by Gasteiger charge is -2.27. The number of thiazole rings is 1. The number of benzene rings is 1. The van der Waals surface area contributed by atoms with E-state index in [-0.39, 0.29) is 17.4 Å². The number of carboxylic acids is 1. The van der Waals surface area contributed by atoms with Gasteiger partial charge in [0.05, 0.1) is 12.3 Å². The maximum atomic E-state index is 12.7. The zero-order chi connectivity index (χ0) is 24.2. The average Bonchev–Trinajstić information content (AvgIpc) is 3.34. The number of urea groups is 1. The van der Waals surface area contributed by atoms with E-state index in [4.69, 9.17) is 9.84 Å². The Bertz CT molecular complexity index is 1090. The molecule has 0 radical (unpaired) electrons. The van der Waals surface area contributed by atoms with Gasteiger partial charge in [0.2, 0.25) is 11.5 Å². The summed E-state index contributed by atoms with van der Waals surface area (Å²) in [7, 11) is 0. The molecule has 1 aromatic heterocycles. The van der Waals surface area contributed by atoms with Gasteiger partial charge >= 0.3 is 18.0 Å². The van der Waals surface area contributed by atoms with Crippen LogP contribution >= 0.6 is 23.1 Å². The van der Waals surface area contributed by atoms with Crippen molar-refractivity contribution < 1.29 is 38.9 Å². The number of esters is 1. The summed E-state index contributed by atoms with van der Waals surface area (Å²) in [5.41, 5.74) is -2.52. The van der Waals surface area contributed by atoms with Crippen LogP contribution in [-0.2, 0) is 24.7 Å². The first-order chi connectivity index (χ1) is 15.7. The van der Waals surface area contributed by atoms with Crippen LogP contribution in [0.5, 0.6) is 0 Å². The zero-order valence-electron chi connectivity index (χ0n) is 17.0. The molecule has 3 rings (SSSR count). The van der Waals surface area contributed by atoms with Crippen LogP contribution in [0.1, 0.15) is 12.6 Å². The lowest BCUT2D eigenvalue weighted by molar-refractivity contribution is -0.169. The number of carbonyl (C=O) groups excluding carboxylic acids is 4. The van der Waals surface area contributed by atoms with Crippen LogP contribution in [0.4, 0.5) is 20.4 Å². The third-order valence-corrected chi connectivity index (χ3v) is 6.29. The molecule has 1 fully saturated rings. The first-order valence-corrected chi connectivity index (χ1v) is 11.1. The highest BCUT2D eigenvalue weighted by atomic mass is 32.2. The average molecular weight is 495 g/mol. The summed E-state index contributed by atoms with van der Waals surface area (Å²) in [6.07, 6.45) is 0. The van der Waals surface area contributed by atoms with Crippen molar-refractivity contribution in [2.75, 3.05) is 23.8 Å². The smallest absolute Gasteiger partial charge is 0.346 e. The van der Waals surface area contributed by atoms with E-state index in [1.54, 1.807) is 30.3 Å². The second-order valence-corrected chi connectivity index (χ2v) is 8.47. The molecule has 1 aliphatic heterocycles. The van der Waals surface area contributed by atoms with Gasteiger partial charge in [-0.2, -0.15) is 0 Å². The highest BCUT2D eigenvalue weighted by Crippen LogP contribution is 2.41. The maximum Gasteiger partial charge on any atom is 0.346 e. The fourth-order valence-corrected chi connectivity index (χ4v) is 4.72. The minimum Gasteiger partial charge on any atom is -0.480 e. The van der Waals surface area contributed by atoms with E-state index in [2.05, 4.69) is 15.6 Å². The molecule has 0 aliphatic carbocycles. The number of aliphatic carboxylic acids is 1. The molecule has 33 heavy (non-hydrogen) atoms. The van der Waals surface area contributed by atoms with Gasteiger partial charge in [0, 0.05) is 11.1 Å². The molecule has 12 nitrogen and oxygen atoms in total. The molecule has 14 heteroatoms. The van der Waals surface area contributed by atoms with Crippen molar-refractivity contribution in [2.24, 2.45) is 0 Å². The lowest BCUT2D eigenvalue weighted by atomic mass is 9.95. The standard InChI is InChI=1S/C19H18N4O8S2/c1-2-31-15(27)19(30,13-14(26)23(8-12(24)25)18(29)33-13)11-9-32-17(21-11)22-16(28)20-10-6-4-3-5-7-10/h3-7,9,13,30H,2,8H2,1H3,(H,24,25)(H2,20,21,22,28). The number of aliphatic hydroxyl groups is 1. The number of carboxylic acid groups (broad SMARTS) is 1. The summed E-state index contributed by atoms with van der Waals surface area (Å²) in [5.74, 6) is -3.76. The summed E-state index contributed by atoms with van der Waals surface area (Å²) in [5, 5.41) is 23.8. The van der Waals surface area contributed by atoms with Gasteiger partial charge in [-0.3, -0.25) is 24.6 Å². The SMILES string of the molecule is CCOC(=O)C(O)(c1csc(NC(=O)Nc2ccccc2)n1)C1SC(=O)N(CC(=O)O)C1=O. The van der Waals surface area contributed by atoms with Gasteiger partial charge in [-0.15, -0.1) is 11.3 Å². The number of hydrogen-bond donors (Lipinski definition) is 4. The maximum absolute atomic E-state index is 12.7. The van der Waals surface area contributed by atoms with Gasteiger partial charge in [-0.25, -0.2) is 14.6 Å². The van der Waals surface area contributed by atoms with E-state index in [1.807, 2.05) is 0 Å². The second kappa shape index (κ2) is 9.97. The van der Waals surface area contributed by atoms with Gasteiger partial charge in [-0.05, 0) is 30.8 Å². The molecule has 0 spiro atoms. The van der Waals surface area contributed by atoms with Crippen molar-refractivity contribution in [1.29, 1.82) is 0 Å². The second-order valence-electron chi connectivity index (χ2n) is 6.55. The van der Waals surface area contributed by atoms with Crippen molar-refractivity contribution in [3.8, 4) is 0 Å². The largest absolute Gasteiger partial charge is 0.480 e. The predicted molar refractivity (Wildman–Crippen MR) is 118 cm³/mol. The number of imide groups is 1. The van der Waals surface area contributed by atoms with Crippen LogP contribution in [0.2, 0.25) is 0 Å². The number of rotatable bonds is 8. The van der Waals surface area contributed by atoms with Crippen molar-refractivity contribution in [3.05, 3.63) is 41.4 Å². The summed E-state index contributed by atoms with van der Waals surface area (Å²) < 4.78 is 4.91. The Labute approximate surface area is 194 Å². The number of anilines is 2. The van der Waals surface area contributed by atoms with Crippen molar-refractivity contribution in [1.82, 2.24) is 9.88 Å². The molecule has 2 aromatic rings. The molecule has 2 heterocycles. The van der Waals surface area contributed by atoms with Crippen molar-refractivity contribution in [3.63, 3.8) is 0 Å². The van der Waals surface area contributed by atoms with E-state index in [1.165, 1.54) is 12.3 Å². The Balaban J connectivity index is 1.86. The fourth-order valence-electron chi connectivity index (χ4n) is 2.86. The molecule has 174 valence electrons. The van der Waals surface area contributed by atoms with Gasteiger partial charge in [0.15, 0.2) is 5.13 Å². The molecular formula is C19H18N4O8S2. The Morgan fingerprint density at radius 3 is 2.55 bits per heavy atom. The van der Waals surface area contributed by atoms with E-state index in [0.29, 0.717) is 22.3 Å². The number of nitrogens with one attached hydrogen (secondary N) is 2. The number of ether oxygens (including phenoxy) is 1. The number of nitrogens with zero attached hydrogens (tertiary/aromatic N) is 2. The third-order valence-electron chi connectivity index (χ3n) is 4.34. The Morgan fingerprint density at radius 2 is 1.91 bits per heavy atom. The number of thioether (sulfide) groups is 1. The molecule has 1 aliphatic rings. The van der Waals surface area contributed by atoms with Gasteiger partial charge < -0.3 is 20.3 Å². The first kappa shape index (κ1) is 24.2. The lowest BCUT2D eigenvalue weighted by Crippen LogP contribution is -2.51. The third kappa shape index (κ3) is 5.13. The van der Waals surface area contributed by atoms with Gasteiger partial charge in [0.1, 0.15) is 11.8 Å². The van der Waals surface area contributed by atoms with E-state index >= 15 is 0 Å². The molecule has 0 bridgehead atoms. The van der Waals surface area contributed by atoms with E-state index < -0.39 is 46.5 Å². The number of para-hydroxylation sites is 1. The highest BCUT2D eigenvalue weighted by molar-refractivity contribution is 8.15. The van der Waals surface area contributed by atoms with Crippen molar-refractivity contribution in [2.45, 2.75) is 17.8 Å². The normalized spacial score (nSPS) is 17.4. The molecular weight excluding hydrogens is 476 g/mol. The van der Waals surface area contributed by atoms with Crippen LogP contribution < -0.4 is 10.6 Å². The number of hydrogen-bond acceptors (Lipinski definition) is 10. The number of carbonyl (C=O) groups is 5. The molecule has 4 amide bonds. The van der Waals surface area contributed by atoms with Gasteiger partial charge in [0.25, 0.3) is 5.24 Å². The summed E-state index contributed by atoms with van der Waals surface area (Å²) in [4.78, 5) is 65.2. The van der Waals surface area contributed by atoms with E-state index in [9.17, 15) is 29.1 Å². The molecule has 4 N–H and O–H groups in total. The van der Waals surface area contributed by atoms with Crippen LogP contribution in [0.15, 0.2) is 35.7 Å². The van der Waals surface area contributed by atoms with E-state index in [0.717, 1.165) is 11.3 Å². The Hall–Kier alpha value is -3.49. The van der Waals surface area contributed by atoms with Gasteiger partial charge in [-0.1, -0.05) is 18.2 Å². The topological polar surface area (TPSA) is 175 Å². The summed E-state index contributed by atoms with van der Waals surface area (Å²) >= 11 is 1.15. The monoisotopic (exact) mass is 494 g/mol. The first-order valence-electron chi connectivity index (χ1n) is 9.39. The van der Waals surface area contributed by atoms with Crippen LogP contribution in [0, 0.1) is 0 Å². The molecule has 1 saturated heterocycles. The Morgan fingerprint density at radius 1 is 1.21 bits per heavy atom. The molecule has 0 saturated carbocycles. The van der Waals surface area contributed by atoms with Crippen LogP contribution in [0.3, 0.4) is 0 Å². The fraction of sp³-hybridized carbons (Fsp3) is 0.263.